The van der Waals surface area contributed by atoms with Gasteiger partial charge in [0, 0.05) is 19.1 Å². The molecular weight excluding hydrogens is 216 g/mol. The molecule has 1 aliphatic rings. The first kappa shape index (κ1) is 10.7. The molecular formula is C12H16N4O. The van der Waals surface area contributed by atoms with Crippen molar-refractivity contribution in [1.82, 2.24) is 14.6 Å². The highest BCUT2D eigenvalue weighted by Gasteiger charge is 2.20. The molecule has 1 saturated heterocycles. The molecule has 0 radical (unpaired) electrons. The Bertz CT molecular complexity index is 516. The van der Waals surface area contributed by atoms with Crippen molar-refractivity contribution in [2.75, 3.05) is 13.2 Å². The summed E-state index contributed by atoms with van der Waals surface area (Å²) in [6, 6.07) is 5.90. The Labute approximate surface area is 99.6 Å². The molecule has 3 rings (SSSR count). The predicted molar refractivity (Wildman–Crippen MR) is 63.7 cm³/mol. The smallest absolute Gasteiger partial charge is 0.157 e. The topological polar surface area (TPSA) is 65.4 Å². The molecule has 2 aromatic heterocycles. The molecule has 1 aliphatic heterocycles. The minimum absolute atomic E-state index is 0.328. The number of aromatic nitrogens is 3. The highest BCUT2D eigenvalue weighted by Crippen LogP contribution is 2.23. The van der Waals surface area contributed by atoms with Crippen LogP contribution in [0.3, 0.4) is 0 Å². The lowest BCUT2D eigenvalue weighted by Gasteiger charge is -2.18. The number of fused-ring (bicyclic) bond motifs is 1. The molecule has 90 valence electrons. The molecule has 0 saturated carbocycles. The Kier molecular flexibility index (Phi) is 2.78. The van der Waals surface area contributed by atoms with Gasteiger partial charge in [-0.2, -0.15) is 5.10 Å². The summed E-state index contributed by atoms with van der Waals surface area (Å²) in [5, 5.41) is 4.55. The van der Waals surface area contributed by atoms with Crippen LogP contribution in [0.25, 0.3) is 5.65 Å². The number of hydrogen-bond donors (Lipinski definition) is 1. The summed E-state index contributed by atoms with van der Waals surface area (Å²) in [4.78, 5) is 4.56. The monoisotopic (exact) mass is 232 g/mol. The predicted octanol–water partition coefficient (Wildman–Crippen LogP) is 1.08. The maximum Gasteiger partial charge on any atom is 0.157 e. The van der Waals surface area contributed by atoms with E-state index >= 15 is 0 Å². The molecule has 0 aromatic carbocycles. The van der Waals surface area contributed by atoms with Crippen LogP contribution >= 0.6 is 0 Å². The molecule has 2 N–H and O–H groups in total. The first-order chi connectivity index (χ1) is 8.38. The van der Waals surface area contributed by atoms with Crippen molar-refractivity contribution in [2.24, 2.45) is 5.73 Å². The zero-order chi connectivity index (χ0) is 11.7. The van der Waals surface area contributed by atoms with Gasteiger partial charge in [-0.15, -0.1) is 0 Å². The normalized spacial score (nSPS) is 20.9. The second kappa shape index (κ2) is 4.43. The third kappa shape index (κ3) is 1.92. The largest absolute Gasteiger partial charge is 0.381 e. The van der Waals surface area contributed by atoms with Crippen LogP contribution in [0.5, 0.6) is 0 Å². The van der Waals surface area contributed by atoms with Crippen LogP contribution in [-0.4, -0.2) is 27.8 Å². The molecule has 0 spiro atoms. The molecule has 17 heavy (non-hydrogen) atoms. The molecule has 1 unspecified atom stereocenters. The van der Waals surface area contributed by atoms with Crippen LogP contribution < -0.4 is 5.73 Å². The number of hydrogen-bond acceptors (Lipinski definition) is 4. The van der Waals surface area contributed by atoms with E-state index in [1.165, 1.54) is 0 Å². The van der Waals surface area contributed by atoms with Gasteiger partial charge >= 0.3 is 0 Å². The molecule has 0 aliphatic carbocycles. The van der Waals surface area contributed by atoms with Gasteiger partial charge in [-0.1, -0.05) is 6.07 Å². The molecule has 3 heterocycles. The lowest BCUT2D eigenvalue weighted by atomic mass is 10.0. The highest BCUT2D eigenvalue weighted by molar-refractivity contribution is 5.39. The lowest BCUT2D eigenvalue weighted by Crippen LogP contribution is -2.16. The SMILES string of the molecule is NCc1cccc2nc(C3CCCOC3)nn12. The summed E-state index contributed by atoms with van der Waals surface area (Å²) in [7, 11) is 0. The third-order valence-electron chi connectivity index (χ3n) is 3.19. The van der Waals surface area contributed by atoms with E-state index in [-0.39, 0.29) is 0 Å². The van der Waals surface area contributed by atoms with E-state index in [1.54, 1.807) is 0 Å². The van der Waals surface area contributed by atoms with Crippen molar-refractivity contribution in [2.45, 2.75) is 25.3 Å². The maximum atomic E-state index is 5.69. The van der Waals surface area contributed by atoms with Gasteiger partial charge in [0.05, 0.1) is 12.3 Å². The minimum Gasteiger partial charge on any atom is -0.381 e. The Balaban J connectivity index is 2.00. The summed E-state index contributed by atoms with van der Waals surface area (Å²) < 4.78 is 7.31. The van der Waals surface area contributed by atoms with Crippen molar-refractivity contribution >= 4 is 5.65 Å². The first-order valence-corrected chi connectivity index (χ1v) is 6.01. The fourth-order valence-corrected chi connectivity index (χ4v) is 2.25. The van der Waals surface area contributed by atoms with E-state index < -0.39 is 0 Å². The fraction of sp³-hybridized carbons (Fsp3) is 0.500. The van der Waals surface area contributed by atoms with Crippen molar-refractivity contribution in [3.63, 3.8) is 0 Å². The lowest BCUT2D eigenvalue weighted by molar-refractivity contribution is 0.0781. The molecule has 1 atom stereocenters. The summed E-state index contributed by atoms with van der Waals surface area (Å²) in [6.45, 7) is 2.06. The Morgan fingerprint density at radius 1 is 1.47 bits per heavy atom. The van der Waals surface area contributed by atoms with Gasteiger partial charge in [-0.3, -0.25) is 0 Å². The molecule has 1 fully saturated rings. The molecule has 5 nitrogen and oxygen atoms in total. The van der Waals surface area contributed by atoms with Gasteiger partial charge in [0.25, 0.3) is 0 Å². The van der Waals surface area contributed by atoms with Gasteiger partial charge in [-0.25, -0.2) is 9.50 Å². The standard InChI is InChI=1S/C12H16N4O/c13-7-10-4-1-5-11-14-12(15-16(10)11)9-3-2-6-17-8-9/h1,4-5,9H,2-3,6-8,13H2. The van der Waals surface area contributed by atoms with E-state index in [2.05, 4.69) is 10.1 Å². The number of ether oxygens (including phenoxy) is 1. The average Bonchev–Trinajstić information content (AvgIpc) is 2.83. The summed E-state index contributed by atoms with van der Waals surface area (Å²) >= 11 is 0. The van der Waals surface area contributed by atoms with E-state index in [4.69, 9.17) is 10.5 Å². The van der Waals surface area contributed by atoms with Gasteiger partial charge in [0.1, 0.15) is 0 Å². The Morgan fingerprint density at radius 2 is 2.41 bits per heavy atom. The summed E-state index contributed by atoms with van der Waals surface area (Å²) in [6.07, 6.45) is 2.19. The third-order valence-corrected chi connectivity index (χ3v) is 3.19. The van der Waals surface area contributed by atoms with Crippen molar-refractivity contribution in [1.29, 1.82) is 0 Å². The van der Waals surface area contributed by atoms with Crippen molar-refractivity contribution in [3.8, 4) is 0 Å². The zero-order valence-corrected chi connectivity index (χ0v) is 9.67. The second-order valence-corrected chi connectivity index (χ2v) is 4.38. The number of nitrogens with zero attached hydrogens (tertiary/aromatic N) is 3. The molecule has 5 heteroatoms. The van der Waals surface area contributed by atoms with E-state index in [9.17, 15) is 0 Å². The number of nitrogens with two attached hydrogens (primary N) is 1. The Morgan fingerprint density at radius 3 is 3.18 bits per heavy atom. The van der Waals surface area contributed by atoms with Gasteiger partial charge in [-0.05, 0) is 25.0 Å². The highest BCUT2D eigenvalue weighted by atomic mass is 16.5. The van der Waals surface area contributed by atoms with Crippen molar-refractivity contribution < 1.29 is 4.74 Å². The number of rotatable bonds is 2. The van der Waals surface area contributed by atoms with Gasteiger partial charge < -0.3 is 10.5 Å². The quantitative estimate of drug-likeness (QED) is 0.841. The maximum absolute atomic E-state index is 5.69. The van der Waals surface area contributed by atoms with E-state index in [0.29, 0.717) is 12.5 Å². The van der Waals surface area contributed by atoms with Gasteiger partial charge in [0.15, 0.2) is 11.5 Å². The Hall–Kier alpha value is -1.46. The first-order valence-electron chi connectivity index (χ1n) is 6.01. The average molecular weight is 232 g/mol. The van der Waals surface area contributed by atoms with E-state index in [1.807, 2.05) is 22.7 Å². The number of pyridine rings is 1. The molecule has 2 aromatic rings. The van der Waals surface area contributed by atoms with Crippen LogP contribution in [0.1, 0.15) is 30.3 Å². The summed E-state index contributed by atoms with van der Waals surface area (Å²) in [5.74, 6) is 1.21. The summed E-state index contributed by atoms with van der Waals surface area (Å²) in [5.41, 5.74) is 7.54. The van der Waals surface area contributed by atoms with Crippen molar-refractivity contribution in [3.05, 3.63) is 29.7 Å². The van der Waals surface area contributed by atoms with Crippen LogP contribution in [0.15, 0.2) is 18.2 Å². The second-order valence-electron chi connectivity index (χ2n) is 4.38. The van der Waals surface area contributed by atoms with Crippen LogP contribution in [0.2, 0.25) is 0 Å². The van der Waals surface area contributed by atoms with Crippen LogP contribution in [0.4, 0.5) is 0 Å². The van der Waals surface area contributed by atoms with E-state index in [0.717, 1.165) is 43.2 Å². The molecule has 0 bridgehead atoms. The fourth-order valence-electron chi connectivity index (χ4n) is 2.25. The van der Waals surface area contributed by atoms with Crippen LogP contribution in [-0.2, 0) is 11.3 Å². The van der Waals surface area contributed by atoms with Gasteiger partial charge in [0.2, 0.25) is 0 Å². The zero-order valence-electron chi connectivity index (χ0n) is 9.67. The molecule has 0 amide bonds. The van der Waals surface area contributed by atoms with Crippen LogP contribution in [0, 0.1) is 0 Å². The minimum atomic E-state index is 0.328.